The highest BCUT2D eigenvalue weighted by atomic mass is 32.2. The molecule has 0 amide bonds. The molecule has 1 aliphatic heterocycles. The monoisotopic (exact) mass is 162 g/mol. The highest BCUT2D eigenvalue weighted by molar-refractivity contribution is 7.89. The SMILES string of the molecule is CS(=O)(=O)NC1=NCN=N1. The fourth-order valence-electron chi connectivity index (χ4n) is 0.447. The van der Waals surface area contributed by atoms with Gasteiger partial charge in [0.05, 0.1) is 6.26 Å². The molecule has 0 aromatic heterocycles. The van der Waals surface area contributed by atoms with E-state index in [9.17, 15) is 8.42 Å². The lowest BCUT2D eigenvalue weighted by Crippen LogP contribution is -2.26. The van der Waals surface area contributed by atoms with Crippen molar-refractivity contribution in [3.63, 3.8) is 0 Å². The van der Waals surface area contributed by atoms with Gasteiger partial charge < -0.3 is 0 Å². The van der Waals surface area contributed by atoms with Gasteiger partial charge in [0, 0.05) is 0 Å². The molecule has 6 nitrogen and oxygen atoms in total. The average molecular weight is 162 g/mol. The van der Waals surface area contributed by atoms with E-state index in [-0.39, 0.29) is 12.6 Å². The van der Waals surface area contributed by atoms with E-state index in [1.165, 1.54) is 0 Å². The number of azo groups is 1. The molecule has 1 heterocycles. The summed E-state index contributed by atoms with van der Waals surface area (Å²) in [6.45, 7) is 0.206. The summed E-state index contributed by atoms with van der Waals surface area (Å²) in [5, 5.41) is 6.85. The average Bonchev–Trinajstić information content (AvgIpc) is 2.12. The molecule has 0 saturated carbocycles. The van der Waals surface area contributed by atoms with Gasteiger partial charge in [0.25, 0.3) is 5.96 Å². The summed E-state index contributed by atoms with van der Waals surface area (Å²) < 4.78 is 23.1. The molecule has 0 bridgehead atoms. The smallest absolute Gasteiger partial charge is 0.250 e. The fourth-order valence-corrected chi connectivity index (χ4v) is 0.884. The predicted octanol–water partition coefficient (Wildman–Crippen LogP) is -0.685. The van der Waals surface area contributed by atoms with Crippen LogP contribution in [0.4, 0.5) is 0 Å². The van der Waals surface area contributed by atoms with Crippen molar-refractivity contribution in [1.29, 1.82) is 0 Å². The standard InChI is InChI=1S/C3H6N4O2S/c1-10(8,9)7-3-4-2-5-6-3/h2H2,1H3,(H,4,7). The molecule has 0 atom stereocenters. The van der Waals surface area contributed by atoms with Gasteiger partial charge in [-0.25, -0.2) is 13.4 Å². The van der Waals surface area contributed by atoms with Crippen LogP contribution in [0.3, 0.4) is 0 Å². The van der Waals surface area contributed by atoms with Crippen LogP contribution < -0.4 is 4.72 Å². The van der Waals surface area contributed by atoms with E-state index in [1.54, 1.807) is 0 Å². The van der Waals surface area contributed by atoms with Gasteiger partial charge in [-0.05, 0) is 0 Å². The van der Waals surface area contributed by atoms with Crippen LogP contribution in [0.1, 0.15) is 0 Å². The summed E-state index contributed by atoms with van der Waals surface area (Å²) >= 11 is 0. The van der Waals surface area contributed by atoms with Crippen LogP contribution in [-0.4, -0.2) is 27.3 Å². The van der Waals surface area contributed by atoms with E-state index in [2.05, 4.69) is 19.9 Å². The zero-order valence-corrected chi connectivity index (χ0v) is 6.09. The minimum absolute atomic E-state index is 0.0579. The minimum atomic E-state index is -3.24. The summed E-state index contributed by atoms with van der Waals surface area (Å²) in [6.07, 6.45) is 1.03. The minimum Gasteiger partial charge on any atom is -0.250 e. The number of hydrogen-bond donors (Lipinski definition) is 1. The molecule has 1 N–H and O–H groups in total. The van der Waals surface area contributed by atoms with E-state index in [0.29, 0.717) is 0 Å². The van der Waals surface area contributed by atoms with Crippen LogP contribution in [0.25, 0.3) is 0 Å². The molecule has 7 heteroatoms. The molecule has 1 rings (SSSR count). The van der Waals surface area contributed by atoms with Crippen LogP contribution in [0.5, 0.6) is 0 Å². The van der Waals surface area contributed by atoms with Crippen molar-refractivity contribution < 1.29 is 8.42 Å². The molecule has 0 aromatic carbocycles. The van der Waals surface area contributed by atoms with Crippen molar-refractivity contribution in [2.24, 2.45) is 15.2 Å². The van der Waals surface area contributed by atoms with E-state index in [4.69, 9.17) is 0 Å². The highest BCUT2D eigenvalue weighted by Gasteiger charge is 2.07. The lowest BCUT2D eigenvalue weighted by molar-refractivity contribution is 0.598. The normalized spacial score (nSPS) is 17.1. The maximum absolute atomic E-state index is 10.5. The first-order valence-corrected chi connectivity index (χ1v) is 4.37. The van der Waals surface area contributed by atoms with Crippen LogP contribution in [0.15, 0.2) is 15.2 Å². The molecule has 1 aliphatic rings. The Labute approximate surface area is 58.1 Å². The Balaban J connectivity index is 2.63. The largest absolute Gasteiger partial charge is 0.253 e. The van der Waals surface area contributed by atoms with E-state index >= 15 is 0 Å². The Bertz CT molecular complexity index is 277. The van der Waals surface area contributed by atoms with Gasteiger partial charge in [0.2, 0.25) is 10.0 Å². The molecule has 0 aliphatic carbocycles. The zero-order chi connectivity index (χ0) is 7.61. The van der Waals surface area contributed by atoms with Crippen molar-refractivity contribution in [2.45, 2.75) is 0 Å². The van der Waals surface area contributed by atoms with Gasteiger partial charge >= 0.3 is 0 Å². The van der Waals surface area contributed by atoms with Crippen LogP contribution in [-0.2, 0) is 10.0 Å². The zero-order valence-electron chi connectivity index (χ0n) is 5.27. The first-order valence-electron chi connectivity index (χ1n) is 2.48. The second kappa shape index (κ2) is 2.33. The number of guanidine groups is 1. The molecule has 56 valence electrons. The molecular weight excluding hydrogens is 156 g/mol. The number of nitrogens with zero attached hydrogens (tertiary/aromatic N) is 3. The number of sulfonamides is 1. The summed E-state index contributed by atoms with van der Waals surface area (Å²) in [5.74, 6) is 0.0579. The molecule has 0 fully saturated rings. The van der Waals surface area contributed by atoms with Crippen LogP contribution in [0, 0.1) is 0 Å². The second-order valence-electron chi connectivity index (χ2n) is 1.74. The maximum atomic E-state index is 10.5. The van der Waals surface area contributed by atoms with Gasteiger partial charge in [-0.2, -0.15) is 5.11 Å². The second-order valence-corrected chi connectivity index (χ2v) is 3.49. The van der Waals surface area contributed by atoms with E-state index in [0.717, 1.165) is 6.26 Å². The first kappa shape index (κ1) is 7.13. The topological polar surface area (TPSA) is 83.2 Å². The molecule has 0 saturated heterocycles. The van der Waals surface area contributed by atoms with E-state index < -0.39 is 10.0 Å². The van der Waals surface area contributed by atoms with Gasteiger partial charge in [0.1, 0.15) is 0 Å². The summed E-state index contributed by atoms with van der Waals surface area (Å²) in [7, 11) is -3.24. The quantitative estimate of drug-likeness (QED) is 0.553. The summed E-state index contributed by atoms with van der Waals surface area (Å²) in [6, 6.07) is 0. The van der Waals surface area contributed by atoms with Crippen molar-refractivity contribution in [1.82, 2.24) is 4.72 Å². The summed E-state index contributed by atoms with van der Waals surface area (Å²) in [4.78, 5) is 3.61. The van der Waals surface area contributed by atoms with Crippen molar-refractivity contribution >= 4 is 16.0 Å². The molecule has 0 aromatic rings. The van der Waals surface area contributed by atoms with E-state index in [1.807, 2.05) is 0 Å². The van der Waals surface area contributed by atoms with Gasteiger partial charge in [-0.3, -0.25) is 4.72 Å². The third-order valence-electron chi connectivity index (χ3n) is 0.726. The lowest BCUT2D eigenvalue weighted by Gasteiger charge is -1.95. The van der Waals surface area contributed by atoms with Gasteiger partial charge in [-0.1, -0.05) is 0 Å². The van der Waals surface area contributed by atoms with Crippen LogP contribution >= 0.6 is 0 Å². The van der Waals surface area contributed by atoms with Crippen molar-refractivity contribution in [2.75, 3.05) is 12.9 Å². The maximum Gasteiger partial charge on any atom is 0.253 e. The number of aliphatic imine (C=N–C) groups is 1. The van der Waals surface area contributed by atoms with Crippen molar-refractivity contribution in [3.8, 4) is 0 Å². The van der Waals surface area contributed by atoms with Crippen LogP contribution in [0.2, 0.25) is 0 Å². The molecular formula is C3H6N4O2S. The molecule has 0 radical (unpaired) electrons. The predicted molar refractivity (Wildman–Crippen MR) is 35.1 cm³/mol. The Morgan fingerprint density at radius 1 is 1.60 bits per heavy atom. The lowest BCUT2D eigenvalue weighted by atomic mass is 11.1. The first-order chi connectivity index (χ1) is 4.58. The number of nitrogens with one attached hydrogen (secondary N) is 1. The molecule has 0 unspecified atom stereocenters. The third-order valence-corrected chi connectivity index (χ3v) is 1.28. The number of rotatable bonds is 1. The molecule has 0 spiro atoms. The Hall–Kier alpha value is -0.980. The number of hydrogen-bond acceptors (Lipinski definition) is 5. The van der Waals surface area contributed by atoms with Crippen molar-refractivity contribution in [3.05, 3.63) is 0 Å². The highest BCUT2D eigenvalue weighted by Crippen LogP contribution is 1.91. The van der Waals surface area contributed by atoms with Gasteiger partial charge in [0.15, 0.2) is 6.67 Å². The summed E-state index contributed by atoms with van der Waals surface area (Å²) in [5.41, 5.74) is 0. The fraction of sp³-hybridized carbons (Fsp3) is 0.667. The Morgan fingerprint density at radius 3 is 2.70 bits per heavy atom. The van der Waals surface area contributed by atoms with Gasteiger partial charge in [-0.15, -0.1) is 5.11 Å². The third kappa shape index (κ3) is 2.09. The Morgan fingerprint density at radius 2 is 2.30 bits per heavy atom. The molecule has 10 heavy (non-hydrogen) atoms. The Kier molecular flexibility index (Phi) is 1.66.